The molecule has 12 nitrogen and oxygen atoms in total. The minimum Gasteiger partial charge on any atom is -0.282 e. The Morgan fingerprint density at radius 1 is 0.419 bits per heavy atom. The second-order valence-electron chi connectivity index (χ2n) is 8.80. The maximum Gasteiger partial charge on any atom is 0.296 e. The summed E-state index contributed by atoms with van der Waals surface area (Å²) in [7, 11) is -17.7. The van der Waals surface area contributed by atoms with E-state index in [-0.39, 0.29) is 15.2 Å². The Bertz CT molecular complexity index is 2220. The lowest BCUT2D eigenvalue weighted by Gasteiger charge is -2.08. The lowest BCUT2D eigenvalue weighted by atomic mass is 10.1. The summed E-state index contributed by atoms with van der Waals surface area (Å²) < 4.78 is 123. The average molecular weight is 669 g/mol. The lowest BCUT2D eigenvalue weighted by Crippen LogP contribution is -2.09. The van der Waals surface area contributed by atoms with E-state index < -0.39 is 50.3 Å². The summed E-state index contributed by atoms with van der Waals surface area (Å²) in [6.45, 7) is 1.84. The van der Waals surface area contributed by atoms with Crippen molar-refractivity contribution < 1.29 is 51.9 Å². The van der Waals surface area contributed by atoms with E-state index in [4.69, 9.17) is 18.2 Å². The molecule has 0 aliphatic rings. The van der Waals surface area contributed by atoms with Gasteiger partial charge in [0, 0.05) is 10.8 Å². The van der Waals surface area contributed by atoms with Crippen molar-refractivity contribution in [3.63, 3.8) is 0 Å². The van der Waals surface area contributed by atoms with Crippen LogP contribution < -0.4 is 0 Å². The van der Waals surface area contributed by atoms with Gasteiger partial charge in [-0.25, -0.2) is 0 Å². The van der Waals surface area contributed by atoms with Crippen molar-refractivity contribution in [2.75, 3.05) is 0 Å². The molecule has 0 unspecified atom stereocenters. The van der Waals surface area contributed by atoms with Crippen LogP contribution >= 0.6 is 0 Å². The maximum absolute atomic E-state index is 11.3. The summed E-state index contributed by atoms with van der Waals surface area (Å²) >= 11 is 0. The van der Waals surface area contributed by atoms with Gasteiger partial charge in [-0.1, -0.05) is 84.4 Å². The van der Waals surface area contributed by atoms with Crippen LogP contribution in [0.3, 0.4) is 0 Å². The summed E-state index contributed by atoms with van der Waals surface area (Å²) in [6.07, 6.45) is 0. The van der Waals surface area contributed by atoms with E-state index in [2.05, 4.69) is 0 Å². The molecule has 0 saturated heterocycles. The number of hydrogen-bond donors (Lipinski definition) is 4. The predicted octanol–water partition coefficient (Wildman–Crippen LogP) is 4.66. The third-order valence-electron chi connectivity index (χ3n) is 5.73. The van der Waals surface area contributed by atoms with E-state index in [0.717, 1.165) is 17.0 Å². The topological polar surface area (TPSA) is 217 Å². The molecular formula is C27H24O12S4. The van der Waals surface area contributed by atoms with Gasteiger partial charge in [-0.15, -0.1) is 0 Å². The molecule has 0 bridgehead atoms. The quantitative estimate of drug-likeness (QED) is 0.192. The largest absolute Gasteiger partial charge is 0.296 e. The van der Waals surface area contributed by atoms with Crippen LogP contribution in [0, 0.1) is 6.92 Å². The van der Waals surface area contributed by atoms with Crippen LogP contribution in [0.4, 0.5) is 0 Å². The fraction of sp³-hybridized carbons (Fsp3) is 0.0370. The minimum atomic E-state index is -4.78. The summed E-state index contributed by atoms with van der Waals surface area (Å²) in [4.78, 5) is -1.77. The average Bonchev–Trinajstić information content (AvgIpc) is 2.91. The van der Waals surface area contributed by atoms with Gasteiger partial charge >= 0.3 is 0 Å². The van der Waals surface area contributed by atoms with Gasteiger partial charge in [-0.2, -0.15) is 33.7 Å². The zero-order chi connectivity index (χ0) is 32.2. The molecule has 4 N–H and O–H groups in total. The van der Waals surface area contributed by atoms with Gasteiger partial charge in [0.15, 0.2) is 0 Å². The summed E-state index contributed by atoms with van der Waals surface area (Å²) in [5, 5.41) is 1.78. The van der Waals surface area contributed by atoms with E-state index in [0.29, 0.717) is 10.8 Å². The van der Waals surface area contributed by atoms with Gasteiger partial charge in [0.1, 0.15) is 14.7 Å². The number of fused-ring (bicyclic) bond motifs is 2. The normalized spacial score (nSPS) is 12.1. The molecule has 0 amide bonds. The molecule has 5 aromatic rings. The van der Waals surface area contributed by atoms with Gasteiger partial charge in [0.2, 0.25) is 0 Å². The smallest absolute Gasteiger partial charge is 0.282 e. The van der Waals surface area contributed by atoms with Gasteiger partial charge in [-0.05, 0) is 42.0 Å². The van der Waals surface area contributed by atoms with Gasteiger partial charge in [-0.3, -0.25) is 18.2 Å². The van der Waals surface area contributed by atoms with Crippen LogP contribution in [-0.4, -0.2) is 51.9 Å². The van der Waals surface area contributed by atoms with Crippen molar-refractivity contribution in [2.24, 2.45) is 0 Å². The standard InChI is InChI=1S/C10H8O6S2.C10H8O3S.C7H8O3S/c11-17(12,13)9-6-5-7-3-1-2-4-8(7)10(9)18(14,15)16;11-14(12,13)10-7-3-5-8-4-1-2-6-9(8)10;1-6-2-4-7(5-3-6)11(8,9)10/h1-6H,(H,11,12,13)(H,14,15,16);1-7H,(H,11,12,13);2-5H,1H3,(H,8,9,10). The molecule has 43 heavy (non-hydrogen) atoms. The summed E-state index contributed by atoms with van der Waals surface area (Å²) in [6, 6.07) is 26.1. The Labute approximate surface area is 248 Å². The van der Waals surface area contributed by atoms with Crippen molar-refractivity contribution >= 4 is 62.0 Å². The molecular weight excluding hydrogens is 645 g/mol. The van der Waals surface area contributed by atoms with Crippen LogP contribution in [-0.2, 0) is 40.5 Å². The fourth-order valence-corrected chi connectivity index (χ4v) is 7.02. The zero-order valence-electron chi connectivity index (χ0n) is 22.0. The van der Waals surface area contributed by atoms with Crippen molar-refractivity contribution in [2.45, 2.75) is 26.5 Å². The highest BCUT2D eigenvalue weighted by Crippen LogP contribution is 2.29. The Hall–Kier alpha value is -3.74. The maximum atomic E-state index is 11.3. The molecule has 0 heterocycles. The molecule has 5 aromatic carbocycles. The van der Waals surface area contributed by atoms with E-state index >= 15 is 0 Å². The van der Waals surface area contributed by atoms with Gasteiger partial charge in [0.25, 0.3) is 40.5 Å². The zero-order valence-corrected chi connectivity index (χ0v) is 25.3. The van der Waals surface area contributed by atoms with Crippen LogP contribution in [0.2, 0.25) is 0 Å². The molecule has 0 saturated carbocycles. The first-order chi connectivity index (χ1) is 19.8. The van der Waals surface area contributed by atoms with Crippen molar-refractivity contribution in [3.8, 4) is 0 Å². The Balaban J connectivity index is 0.000000182. The predicted molar refractivity (Wildman–Crippen MR) is 158 cm³/mol. The first-order valence-corrected chi connectivity index (χ1v) is 17.5. The van der Waals surface area contributed by atoms with Crippen molar-refractivity contribution in [3.05, 3.63) is 109 Å². The molecule has 0 radical (unpaired) electrons. The van der Waals surface area contributed by atoms with E-state index in [1.807, 2.05) is 13.0 Å². The molecule has 5 rings (SSSR count). The SMILES string of the molecule is Cc1ccc(S(=O)(=O)O)cc1.O=S(=O)(O)c1ccc2ccccc2c1S(=O)(=O)O.O=S(=O)(O)c1cccc2ccccc12. The number of benzene rings is 5. The van der Waals surface area contributed by atoms with Crippen molar-refractivity contribution in [1.29, 1.82) is 0 Å². The first kappa shape index (κ1) is 33.8. The first-order valence-electron chi connectivity index (χ1n) is 11.8. The van der Waals surface area contributed by atoms with E-state index in [1.54, 1.807) is 54.6 Å². The minimum absolute atomic E-state index is 0.0233. The molecule has 0 aliphatic heterocycles. The summed E-state index contributed by atoms with van der Waals surface area (Å²) in [5.41, 5.74) is 0.956. The number of hydrogen-bond acceptors (Lipinski definition) is 8. The lowest BCUT2D eigenvalue weighted by molar-refractivity contribution is 0.467. The molecule has 0 fully saturated rings. The molecule has 0 atom stereocenters. The second-order valence-corrected chi connectivity index (χ2v) is 14.4. The van der Waals surface area contributed by atoms with Gasteiger partial charge in [0.05, 0.1) is 4.90 Å². The van der Waals surface area contributed by atoms with E-state index in [9.17, 15) is 33.7 Å². The van der Waals surface area contributed by atoms with Crippen LogP contribution in [0.1, 0.15) is 5.56 Å². The molecule has 0 aromatic heterocycles. The third kappa shape index (κ3) is 8.88. The highest BCUT2D eigenvalue weighted by atomic mass is 32.2. The van der Waals surface area contributed by atoms with Crippen LogP contribution in [0.25, 0.3) is 21.5 Å². The van der Waals surface area contributed by atoms with E-state index in [1.165, 1.54) is 36.4 Å². The van der Waals surface area contributed by atoms with Crippen LogP contribution in [0.5, 0.6) is 0 Å². The molecule has 0 spiro atoms. The molecule has 0 aliphatic carbocycles. The fourth-order valence-electron chi connectivity index (χ4n) is 3.82. The Morgan fingerprint density at radius 2 is 0.884 bits per heavy atom. The third-order valence-corrected chi connectivity index (χ3v) is 9.49. The second kappa shape index (κ2) is 12.9. The Kier molecular flexibility index (Phi) is 10.1. The Morgan fingerprint density at radius 3 is 1.37 bits per heavy atom. The number of aryl methyl sites for hydroxylation is 1. The van der Waals surface area contributed by atoms with Gasteiger partial charge < -0.3 is 0 Å². The highest BCUT2D eigenvalue weighted by Gasteiger charge is 2.26. The van der Waals surface area contributed by atoms with Crippen molar-refractivity contribution in [1.82, 2.24) is 0 Å². The van der Waals surface area contributed by atoms with Crippen LogP contribution in [0.15, 0.2) is 123 Å². The number of rotatable bonds is 4. The summed E-state index contributed by atoms with van der Waals surface area (Å²) in [5.74, 6) is 0. The molecule has 228 valence electrons. The molecule has 16 heteroatoms. The highest BCUT2D eigenvalue weighted by molar-refractivity contribution is 7.89. The monoisotopic (exact) mass is 668 g/mol.